The van der Waals surface area contributed by atoms with Gasteiger partial charge in [0.15, 0.2) is 6.61 Å². The summed E-state index contributed by atoms with van der Waals surface area (Å²) in [6.07, 6.45) is 0. The number of nitrogens with zero attached hydrogens (tertiary/aromatic N) is 2. The highest BCUT2D eigenvalue weighted by Crippen LogP contribution is 2.24. The van der Waals surface area contributed by atoms with Crippen LogP contribution in [0.3, 0.4) is 0 Å². The second-order valence-corrected chi connectivity index (χ2v) is 6.38. The van der Waals surface area contributed by atoms with Gasteiger partial charge < -0.3 is 19.7 Å². The predicted molar refractivity (Wildman–Crippen MR) is 107 cm³/mol. The van der Waals surface area contributed by atoms with Gasteiger partial charge in [-0.2, -0.15) is 0 Å². The largest absolute Gasteiger partial charge is 0.496 e. The summed E-state index contributed by atoms with van der Waals surface area (Å²) in [5, 5.41) is 13.6. The fraction of sp³-hybridized carbons (Fsp3) is 0.250. The van der Waals surface area contributed by atoms with Crippen LogP contribution in [-0.4, -0.2) is 54.9 Å². The van der Waals surface area contributed by atoms with Crippen LogP contribution >= 0.6 is 0 Å². The van der Waals surface area contributed by atoms with Crippen molar-refractivity contribution in [2.24, 2.45) is 0 Å². The van der Waals surface area contributed by atoms with Crippen LogP contribution < -0.4 is 10.1 Å². The van der Waals surface area contributed by atoms with Gasteiger partial charge in [0.1, 0.15) is 11.3 Å². The van der Waals surface area contributed by atoms with Crippen LogP contribution in [0.1, 0.15) is 15.9 Å². The van der Waals surface area contributed by atoms with Gasteiger partial charge in [-0.1, -0.05) is 17.7 Å². The monoisotopic (exact) mass is 415 g/mol. The molecule has 0 spiro atoms. The van der Waals surface area contributed by atoms with Crippen LogP contribution in [0.5, 0.6) is 5.75 Å². The van der Waals surface area contributed by atoms with Gasteiger partial charge in [-0.3, -0.25) is 19.7 Å². The number of ether oxygens (including phenoxy) is 2. The van der Waals surface area contributed by atoms with Crippen molar-refractivity contribution in [3.63, 3.8) is 0 Å². The zero-order chi connectivity index (χ0) is 22.3. The van der Waals surface area contributed by atoms with Crippen molar-refractivity contribution in [1.82, 2.24) is 4.90 Å². The van der Waals surface area contributed by atoms with E-state index in [1.807, 2.05) is 19.1 Å². The first-order valence-corrected chi connectivity index (χ1v) is 8.81. The molecule has 0 saturated carbocycles. The van der Waals surface area contributed by atoms with Crippen molar-refractivity contribution in [2.45, 2.75) is 6.92 Å². The number of carbonyl (C=O) groups is 3. The molecule has 2 aromatic rings. The zero-order valence-electron chi connectivity index (χ0n) is 16.7. The quantitative estimate of drug-likeness (QED) is 0.397. The molecule has 1 N–H and O–H groups in total. The third-order valence-electron chi connectivity index (χ3n) is 4.08. The number of methoxy groups -OCH3 is 1. The van der Waals surface area contributed by atoms with Crippen molar-refractivity contribution in [3.05, 3.63) is 63.7 Å². The van der Waals surface area contributed by atoms with Crippen molar-refractivity contribution < 1.29 is 28.8 Å². The van der Waals surface area contributed by atoms with Gasteiger partial charge in [0, 0.05) is 24.9 Å². The molecular formula is C20H21N3O7. The third-order valence-corrected chi connectivity index (χ3v) is 4.08. The average molecular weight is 415 g/mol. The number of hydrogen-bond acceptors (Lipinski definition) is 7. The van der Waals surface area contributed by atoms with Crippen molar-refractivity contribution in [1.29, 1.82) is 0 Å². The summed E-state index contributed by atoms with van der Waals surface area (Å²) in [7, 11) is 2.68. The maximum absolute atomic E-state index is 12.2. The number of esters is 1. The number of benzene rings is 2. The number of aryl methyl sites for hydroxylation is 1. The minimum atomic E-state index is -0.957. The highest BCUT2D eigenvalue weighted by Gasteiger charge is 2.21. The van der Waals surface area contributed by atoms with Crippen LogP contribution in [0.25, 0.3) is 0 Å². The van der Waals surface area contributed by atoms with Crippen molar-refractivity contribution in [2.75, 3.05) is 32.6 Å². The molecule has 0 saturated heterocycles. The number of anilines is 1. The minimum absolute atomic E-state index is 0.0730. The summed E-state index contributed by atoms with van der Waals surface area (Å²) in [6.45, 7) is 1.03. The lowest BCUT2D eigenvalue weighted by molar-refractivity contribution is -0.384. The summed E-state index contributed by atoms with van der Waals surface area (Å²) in [5.74, 6) is -1.92. The molecule has 0 unspecified atom stereocenters. The Hall–Kier alpha value is -3.95. The van der Waals surface area contributed by atoms with Gasteiger partial charge in [-0.05, 0) is 25.1 Å². The van der Waals surface area contributed by atoms with E-state index in [1.165, 1.54) is 26.3 Å². The van der Waals surface area contributed by atoms with Gasteiger partial charge in [0.05, 0.1) is 18.6 Å². The third kappa shape index (κ3) is 6.03. The lowest BCUT2D eigenvalue weighted by Crippen LogP contribution is -2.37. The second-order valence-electron chi connectivity index (χ2n) is 6.38. The molecule has 10 heteroatoms. The molecule has 0 heterocycles. The number of nitrogens with one attached hydrogen (secondary N) is 1. The lowest BCUT2D eigenvalue weighted by Gasteiger charge is -2.17. The Morgan fingerprint density at radius 3 is 2.40 bits per heavy atom. The highest BCUT2D eigenvalue weighted by atomic mass is 16.6. The molecule has 2 amide bonds. The molecule has 0 radical (unpaired) electrons. The Morgan fingerprint density at radius 2 is 1.80 bits per heavy atom. The number of rotatable bonds is 8. The van der Waals surface area contributed by atoms with Crippen LogP contribution in [0.2, 0.25) is 0 Å². The maximum Gasteiger partial charge on any atom is 0.342 e. The number of hydrogen-bond donors (Lipinski definition) is 1. The van der Waals surface area contributed by atoms with Gasteiger partial charge in [0.2, 0.25) is 5.91 Å². The van der Waals surface area contributed by atoms with E-state index in [9.17, 15) is 24.5 Å². The number of nitro benzene ring substituents is 1. The van der Waals surface area contributed by atoms with E-state index in [0.29, 0.717) is 5.69 Å². The smallest absolute Gasteiger partial charge is 0.342 e. The molecule has 0 aliphatic carbocycles. The standard InChI is InChI=1S/C20H21N3O7/c1-13-4-6-14(7-5-13)21-18(24)11-22(2)19(25)12-30-20(26)16-10-15(23(27)28)8-9-17(16)29-3/h4-10H,11-12H2,1-3H3,(H,21,24). The molecule has 0 bridgehead atoms. The molecule has 30 heavy (non-hydrogen) atoms. The lowest BCUT2D eigenvalue weighted by atomic mass is 10.2. The predicted octanol–water partition coefficient (Wildman–Crippen LogP) is 2.17. The SMILES string of the molecule is COc1ccc([N+](=O)[O-])cc1C(=O)OCC(=O)N(C)CC(=O)Nc1ccc(C)cc1. The Bertz CT molecular complexity index is 957. The summed E-state index contributed by atoms with van der Waals surface area (Å²) in [5.41, 5.74) is 1.14. The molecule has 0 fully saturated rings. The van der Waals surface area contributed by atoms with Crippen LogP contribution in [-0.2, 0) is 14.3 Å². The molecule has 0 aliphatic rings. The van der Waals surface area contributed by atoms with Crippen molar-refractivity contribution >= 4 is 29.2 Å². The van der Waals surface area contributed by atoms with Gasteiger partial charge in [-0.15, -0.1) is 0 Å². The number of carbonyl (C=O) groups excluding carboxylic acids is 3. The first-order valence-electron chi connectivity index (χ1n) is 8.81. The van der Waals surface area contributed by atoms with E-state index in [-0.39, 0.29) is 23.5 Å². The number of amides is 2. The Labute approximate surface area is 172 Å². The van der Waals surface area contributed by atoms with E-state index >= 15 is 0 Å². The Balaban J connectivity index is 1.92. The van der Waals surface area contributed by atoms with Crippen LogP contribution in [0.15, 0.2) is 42.5 Å². The molecular weight excluding hydrogens is 394 g/mol. The second kappa shape index (κ2) is 10.0. The average Bonchev–Trinajstić information content (AvgIpc) is 2.72. The highest BCUT2D eigenvalue weighted by molar-refractivity contribution is 5.96. The Kier molecular flexibility index (Phi) is 7.45. The molecule has 158 valence electrons. The van der Waals surface area contributed by atoms with E-state index in [4.69, 9.17) is 9.47 Å². The molecule has 2 rings (SSSR count). The van der Waals surface area contributed by atoms with E-state index < -0.39 is 29.3 Å². The minimum Gasteiger partial charge on any atom is -0.496 e. The number of nitro groups is 1. The summed E-state index contributed by atoms with van der Waals surface area (Å²) in [6, 6.07) is 10.6. The fourth-order valence-electron chi connectivity index (χ4n) is 2.43. The molecule has 10 nitrogen and oxygen atoms in total. The van der Waals surface area contributed by atoms with E-state index in [1.54, 1.807) is 12.1 Å². The van der Waals surface area contributed by atoms with Gasteiger partial charge >= 0.3 is 5.97 Å². The van der Waals surface area contributed by atoms with Gasteiger partial charge in [-0.25, -0.2) is 4.79 Å². The summed E-state index contributed by atoms with van der Waals surface area (Å²) < 4.78 is 9.94. The molecule has 0 atom stereocenters. The Morgan fingerprint density at radius 1 is 1.13 bits per heavy atom. The number of non-ortho nitro benzene ring substituents is 1. The topological polar surface area (TPSA) is 128 Å². The normalized spacial score (nSPS) is 10.1. The van der Waals surface area contributed by atoms with Gasteiger partial charge in [0.25, 0.3) is 11.6 Å². The molecule has 0 aromatic heterocycles. The van der Waals surface area contributed by atoms with E-state index in [0.717, 1.165) is 16.5 Å². The summed E-state index contributed by atoms with van der Waals surface area (Å²) in [4.78, 5) is 47.8. The number of likely N-dealkylation sites (N-methyl/N-ethyl adjacent to an activating group) is 1. The fourth-order valence-corrected chi connectivity index (χ4v) is 2.43. The maximum atomic E-state index is 12.2. The molecule has 2 aromatic carbocycles. The van der Waals surface area contributed by atoms with Crippen LogP contribution in [0, 0.1) is 17.0 Å². The first-order chi connectivity index (χ1) is 14.2. The first kappa shape index (κ1) is 22.3. The summed E-state index contributed by atoms with van der Waals surface area (Å²) >= 11 is 0. The molecule has 0 aliphatic heterocycles. The van der Waals surface area contributed by atoms with Crippen molar-refractivity contribution in [3.8, 4) is 5.75 Å². The zero-order valence-corrected chi connectivity index (χ0v) is 16.7. The van der Waals surface area contributed by atoms with Crippen LogP contribution in [0.4, 0.5) is 11.4 Å². The van der Waals surface area contributed by atoms with E-state index in [2.05, 4.69) is 5.32 Å².